The van der Waals surface area contributed by atoms with Crippen LogP contribution in [0.1, 0.15) is 56.3 Å². The Morgan fingerprint density at radius 2 is 2.07 bits per heavy atom. The lowest BCUT2D eigenvalue weighted by molar-refractivity contribution is -0.138. The number of carbonyl (C=O) groups excluding carboxylic acids is 1. The van der Waals surface area contributed by atoms with Gasteiger partial charge in [0.15, 0.2) is 5.96 Å². The summed E-state index contributed by atoms with van der Waals surface area (Å²) in [4.78, 5) is 26.1. The Labute approximate surface area is 173 Å². The Morgan fingerprint density at radius 3 is 2.64 bits per heavy atom. The molecule has 1 unspecified atom stereocenters. The number of methoxy groups -OCH3 is 1. The highest BCUT2D eigenvalue weighted by Crippen LogP contribution is 2.39. The van der Waals surface area contributed by atoms with E-state index < -0.39 is 0 Å². The molecular formula is C20H35N5O2S. The van der Waals surface area contributed by atoms with E-state index in [4.69, 9.17) is 9.73 Å². The molecule has 0 spiro atoms. The van der Waals surface area contributed by atoms with Crippen LogP contribution in [-0.4, -0.2) is 68.0 Å². The zero-order valence-corrected chi connectivity index (χ0v) is 18.9. The number of carbonyl (C=O) groups is 1. The van der Waals surface area contributed by atoms with Crippen molar-refractivity contribution in [3.8, 4) is 0 Å². The number of nitrogens with zero attached hydrogens (tertiary/aromatic N) is 4. The number of rotatable bonds is 8. The van der Waals surface area contributed by atoms with Crippen LogP contribution in [0.2, 0.25) is 0 Å². The second kappa shape index (κ2) is 10.2. The maximum atomic E-state index is 12.8. The molecular weight excluding hydrogens is 374 g/mol. The van der Waals surface area contributed by atoms with Crippen LogP contribution in [0, 0.1) is 5.41 Å². The molecule has 1 N–H and O–H groups in total. The average molecular weight is 410 g/mol. The highest BCUT2D eigenvalue weighted by molar-refractivity contribution is 7.09. The summed E-state index contributed by atoms with van der Waals surface area (Å²) in [5.74, 6) is 1.01. The van der Waals surface area contributed by atoms with Crippen molar-refractivity contribution in [2.24, 2.45) is 10.4 Å². The van der Waals surface area contributed by atoms with Crippen molar-refractivity contribution in [3.63, 3.8) is 0 Å². The summed E-state index contributed by atoms with van der Waals surface area (Å²) in [6.07, 6.45) is 4.04. The fraction of sp³-hybridized carbons (Fsp3) is 0.750. The molecule has 2 rings (SSSR count). The van der Waals surface area contributed by atoms with Gasteiger partial charge in [0.2, 0.25) is 5.91 Å². The summed E-state index contributed by atoms with van der Waals surface area (Å²) in [7, 11) is 7.38. The van der Waals surface area contributed by atoms with Crippen LogP contribution in [0.4, 0.5) is 0 Å². The first kappa shape index (κ1) is 22.6. The molecule has 0 radical (unpaired) electrons. The van der Waals surface area contributed by atoms with E-state index in [9.17, 15) is 4.79 Å². The van der Waals surface area contributed by atoms with Crippen LogP contribution in [0.5, 0.6) is 0 Å². The number of nitrogens with one attached hydrogen (secondary N) is 1. The van der Waals surface area contributed by atoms with Crippen molar-refractivity contribution in [2.75, 3.05) is 41.3 Å². The number of hydrogen-bond acceptors (Lipinski definition) is 5. The second-order valence-electron chi connectivity index (χ2n) is 7.77. The zero-order chi connectivity index (χ0) is 20.7. The fourth-order valence-corrected chi connectivity index (χ4v) is 4.50. The first-order valence-electron chi connectivity index (χ1n) is 10.0. The van der Waals surface area contributed by atoms with Gasteiger partial charge in [-0.05, 0) is 26.7 Å². The molecule has 7 nitrogen and oxygen atoms in total. The number of hydrogen-bond donors (Lipinski definition) is 1. The minimum Gasteiger partial charge on any atom is -0.375 e. The predicted octanol–water partition coefficient (Wildman–Crippen LogP) is 2.90. The van der Waals surface area contributed by atoms with Crippen molar-refractivity contribution >= 4 is 23.2 Å². The maximum absolute atomic E-state index is 12.8. The van der Waals surface area contributed by atoms with Crippen LogP contribution in [0.15, 0.2) is 10.4 Å². The van der Waals surface area contributed by atoms with Crippen LogP contribution in [-0.2, 0) is 16.1 Å². The van der Waals surface area contributed by atoms with Crippen molar-refractivity contribution in [1.82, 2.24) is 20.1 Å². The lowest BCUT2D eigenvalue weighted by Gasteiger charge is -2.30. The molecule has 8 heteroatoms. The number of guanidine groups is 1. The highest BCUT2D eigenvalue weighted by Gasteiger charge is 2.42. The normalized spacial score (nSPS) is 17.4. The Bertz CT molecular complexity index is 667. The summed E-state index contributed by atoms with van der Waals surface area (Å²) in [5.41, 5.74) is 0.643. The Morgan fingerprint density at radius 1 is 1.39 bits per heavy atom. The molecule has 0 aromatic carbocycles. The topological polar surface area (TPSA) is 70.1 Å². The number of ether oxygens (including phenoxy) is 1. The first-order valence-corrected chi connectivity index (χ1v) is 10.9. The second-order valence-corrected chi connectivity index (χ2v) is 8.66. The van der Waals surface area contributed by atoms with E-state index in [2.05, 4.69) is 27.5 Å². The largest absolute Gasteiger partial charge is 0.375 e. The van der Waals surface area contributed by atoms with Gasteiger partial charge in [0.05, 0.1) is 24.2 Å². The van der Waals surface area contributed by atoms with Gasteiger partial charge in [-0.15, -0.1) is 11.3 Å². The molecule has 1 aromatic heterocycles. The van der Waals surface area contributed by atoms with Gasteiger partial charge in [-0.25, -0.2) is 4.98 Å². The fourth-order valence-electron chi connectivity index (χ4n) is 3.66. The first-order chi connectivity index (χ1) is 13.3. The van der Waals surface area contributed by atoms with E-state index in [1.807, 2.05) is 28.1 Å². The van der Waals surface area contributed by atoms with E-state index in [-0.39, 0.29) is 17.4 Å². The van der Waals surface area contributed by atoms with Gasteiger partial charge in [0.25, 0.3) is 0 Å². The van der Waals surface area contributed by atoms with E-state index >= 15 is 0 Å². The van der Waals surface area contributed by atoms with Gasteiger partial charge in [-0.1, -0.05) is 12.8 Å². The minimum atomic E-state index is -0.354. The summed E-state index contributed by atoms with van der Waals surface area (Å²) in [6, 6.07) is 0. The molecule has 0 aliphatic heterocycles. The van der Waals surface area contributed by atoms with Gasteiger partial charge in [0.1, 0.15) is 11.1 Å². The summed E-state index contributed by atoms with van der Waals surface area (Å²) in [6.45, 7) is 6.02. The number of thiazole rings is 1. The van der Waals surface area contributed by atoms with Crippen molar-refractivity contribution in [3.05, 3.63) is 16.1 Å². The van der Waals surface area contributed by atoms with Gasteiger partial charge in [0, 0.05) is 40.2 Å². The molecule has 1 fully saturated rings. The summed E-state index contributed by atoms with van der Waals surface area (Å²) < 4.78 is 5.35. The van der Waals surface area contributed by atoms with Gasteiger partial charge in [-0.2, -0.15) is 0 Å². The van der Waals surface area contributed by atoms with Crippen molar-refractivity contribution in [1.29, 1.82) is 0 Å². The molecule has 1 saturated carbocycles. The van der Waals surface area contributed by atoms with E-state index in [0.717, 1.165) is 48.9 Å². The smallest absolute Gasteiger partial charge is 0.230 e. The van der Waals surface area contributed by atoms with Gasteiger partial charge < -0.3 is 19.9 Å². The Kier molecular flexibility index (Phi) is 8.24. The van der Waals surface area contributed by atoms with Crippen LogP contribution < -0.4 is 5.32 Å². The summed E-state index contributed by atoms with van der Waals surface area (Å²) in [5, 5.41) is 6.40. The molecule has 28 heavy (non-hydrogen) atoms. The molecule has 0 bridgehead atoms. The lowest BCUT2D eigenvalue weighted by atomic mass is 9.85. The quantitative estimate of drug-likeness (QED) is 0.528. The minimum absolute atomic E-state index is 0.00484. The Balaban J connectivity index is 2.12. The molecule has 1 amide bonds. The van der Waals surface area contributed by atoms with E-state index in [1.54, 1.807) is 23.3 Å². The maximum Gasteiger partial charge on any atom is 0.230 e. The molecule has 0 saturated heterocycles. The third-order valence-electron chi connectivity index (χ3n) is 5.32. The van der Waals surface area contributed by atoms with Crippen molar-refractivity contribution < 1.29 is 9.53 Å². The molecule has 1 heterocycles. The van der Waals surface area contributed by atoms with Crippen LogP contribution in [0.25, 0.3) is 0 Å². The highest BCUT2D eigenvalue weighted by atomic mass is 32.1. The predicted molar refractivity (Wildman–Crippen MR) is 115 cm³/mol. The van der Waals surface area contributed by atoms with E-state index in [0.29, 0.717) is 13.1 Å². The monoisotopic (exact) mass is 409 g/mol. The number of aliphatic imine (C=N–C) groups is 1. The SMILES string of the molecule is CCNC(=NCC1(C(=O)N(C)C)CCCC1)N(C)Cc1csc(C(C)OC)n1. The van der Waals surface area contributed by atoms with Gasteiger partial charge in [-0.3, -0.25) is 9.79 Å². The lowest BCUT2D eigenvalue weighted by Crippen LogP contribution is -2.43. The van der Waals surface area contributed by atoms with Crippen LogP contribution >= 0.6 is 11.3 Å². The van der Waals surface area contributed by atoms with Gasteiger partial charge >= 0.3 is 0 Å². The van der Waals surface area contributed by atoms with E-state index in [1.165, 1.54) is 0 Å². The molecule has 1 aromatic rings. The standard InChI is InChI=1S/C20H35N5O2S/c1-7-21-19(22-14-20(10-8-9-11-20)18(26)24(3)4)25(5)12-16-13-28-17(23-16)15(2)27-6/h13,15H,7-12,14H2,1-6H3,(H,21,22). The summed E-state index contributed by atoms with van der Waals surface area (Å²) >= 11 is 1.62. The third-order valence-corrected chi connectivity index (χ3v) is 6.37. The molecule has 158 valence electrons. The molecule has 1 atom stereocenters. The Hall–Kier alpha value is -1.67. The third kappa shape index (κ3) is 5.44. The number of amides is 1. The molecule has 1 aliphatic carbocycles. The van der Waals surface area contributed by atoms with Crippen molar-refractivity contribution in [2.45, 2.75) is 52.2 Å². The van der Waals surface area contributed by atoms with Crippen LogP contribution in [0.3, 0.4) is 0 Å². The molecule has 1 aliphatic rings. The average Bonchev–Trinajstić information content (AvgIpc) is 3.34. The number of aromatic nitrogens is 1. The zero-order valence-electron chi connectivity index (χ0n) is 18.1.